The van der Waals surface area contributed by atoms with Crippen molar-refractivity contribution in [1.29, 1.82) is 0 Å². The van der Waals surface area contributed by atoms with E-state index in [1.165, 1.54) is 28.6 Å². The summed E-state index contributed by atoms with van der Waals surface area (Å²) >= 11 is 0. The van der Waals surface area contributed by atoms with Crippen LogP contribution in [0, 0.1) is 0 Å². The molecule has 20 heavy (non-hydrogen) atoms. The zero-order valence-corrected chi connectivity index (χ0v) is 12.0. The summed E-state index contributed by atoms with van der Waals surface area (Å²) in [5.74, 6) is 0.698. The number of aromatic amines is 1. The second-order valence-corrected chi connectivity index (χ2v) is 5.09. The summed E-state index contributed by atoms with van der Waals surface area (Å²) in [7, 11) is 1.77. The first-order valence-corrected chi connectivity index (χ1v) is 7.15. The van der Waals surface area contributed by atoms with Crippen LogP contribution in [-0.4, -0.2) is 24.2 Å². The maximum Gasteiger partial charge on any atom is 0.217 e. The van der Waals surface area contributed by atoms with Gasteiger partial charge in [0, 0.05) is 29.9 Å². The molecule has 1 unspecified atom stereocenters. The summed E-state index contributed by atoms with van der Waals surface area (Å²) in [6.45, 7) is 1.90. The van der Waals surface area contributed by atoms with E-state index in [0.717, 1.165) is 12.8 Å². The molecule has 0 spiro atoms. The molecule has 0 bridgehead atoms. The van der Waals surface area contributed by atoms with Gasteiger partial charge in [0.1, 0.15) is 0 Å². The smallest absolute Gasteiger partial charge is 0.217 e. The van der Waals surface area contributed by atoms with Crippen molar-refractivity contribution < 1.29 is 0 Å². The third-order valence-electron chi connectivity index (χ3n) is 3.88. The Hall–Kier alpha value is -2.10. The number of hydrogen-bond acceptors (Lipinski definition) is 1. The van der Waals surface area contributed by atoms with Gasteiger partial charge >= 0.3 is 0 Å². The average molecular weight is 268 g/mol. The number of aromatic nitrogens is 1. The first-order valence-electron chi connectivity index (χ1n) is 7.15. The van der Waals surface area contributed by atoms with E-state index in [2.05, 4.69) is 44.6 Å². The van der Waals surface area contributed by atoms with Gasteiger partial charge in [-0.25, -0.2) is 4.99 Å². The molecular weight excluding hydrogens is 248 g/mol. The first kappa shape index (κ1) is 12.9. The lowest BCUT2D eigenvalue weighted by atomic mass is 9.92. The summed E-state index contributed by atoms with van der Waals surface area (Å²) in [5.41, 5.74) is 3.96. The van der Waals surface area contributed by atoms with E-state index in [-0.39, 0.29) is 6.04 Å². The summed E-state index contributed by atoms with van der Waals surface area (Å²) in [6, 6.07) is 8.80. The Kier molecular flexibility index (Phi) is 3.54. The van der Waals surface area contributed by atoms with Crippen LogP contribution in [0.2, 0.25) is 0 Å². The molecule has 0 saturated carbocycles. The van der Waals surface area contributed by atoms with Crippen molar-refractivity contribution in [1.82, 2.24) is 10.3 Å². The molecule has 1 aliphatic carbocycles. The van der Waals surface area contributed by atoms with Crippen molar-refractivity contribution in [3.63, 3.8) is 0 Å². The molecule has 2 aromatic rings. The van der Waals surface area contributed by atoms with Crippen LogP contribution in [0.15, 0.2) is 34.3 Å². The Morgan fingerprint density at radius 2 is 2.25 bits per heavy atom. The fraction of sp³-hybridized carbons (Fsp3) is 0.375. The second-order valence-electron chi connectivity index (χ2n) is 5.09. The minimum absolute atomic E-state index is 0.272. The van der Waals surface area contributed by atoms with Gasteiger partial charge in [0.05, 0.1) is 6.04 Å². The second kappa shape index (κ2) is 5.49. The van der Waals surface area contributed by atoms with Crippen LogP contribution in [0.1, 0.15) is 37.1 Å². The number of benzene rings is 1. The van der Waals surface area contributed by atoms with E-state index in [1.807, 2.05) is 6.92 Å². The minimum Gasteiger partial charge on any atom is -0.356 e. The Morgan fingerprint density at radius 1 is 1.40 bits per heavy atom. The number of hydrogen-bond donors (Lipinski definition) is 2. The molecule has 0 saturated heterocycles. The van der Waals surface area contributed by atoms with Crippen LogP contribution in [0.25, 0.3) is 10.9 Å². The van der Waals surface area contributed by atoms with Crippen LogP contribution < -0.4 is 5.32 Å². The number of rotatable bonds is 1. The molecule has 1 aromatic heterocycles. The largest absolute Gasteiger partial charge is 0.356 e. The summed E-state index contributed by atoms with van der Waals surface area (Å²) in [5, 5.41) is 4.79. The van der Waals surface area contributed by atoms with E-state index in [4.69, 9.17) is 0 Å². The van der Waals surface area contributed by atoms with Gasteiger partial charge < -0.3 is 10.3 Å². The van der Waals surface area contributed by atoms with E-state index in [0.29, 0.717) is 5.96 Å². The monoisotopic (exact) mass is 268 g/mol. The van der Waals surface area contributed by atoms with Crippen LogP contribution in [0.3, 0.4) is 0 Å². The average Bonchev–Trinajstić information content (AvgIpc) is 2.86. The topological polar surface area (TPSA) is 52.5 Å². The van der Waals surface area contributed by atoms with Crippen molar-refractivity contribution in [2.24, 2.45) is 9.98 Å². The molecule has 1 heterocycles. The zero-order chi connectivity index (χ0) is 13.9. The van der Waals surface area contributed by atoms with Crippen LogP contribution in [0.4, 0.5) is 0 Å². The number of aryl methyl sites for hydroxylation is 1. The SMILES string of the molecule is C/C=N\C(=NC)NC1CCCc2c1[nH]c1ccccc21. The molecular formula is C16H20N4. The van der Waals surface area contributed by atoms with Crippen LogP contribution in [-0.2, 0) is 6.42 Å². The highest BCUT2D eigenvalue weighted by Gasteiger charge is 2.24. The Bertz CT molecular complexity index is 666. The molecule has 4 heteroatoms. The predicted octanol–water partition coefficient (Wildman–Crippen LogP) is 3.21. The molecule has 0 aliphatic heterocycles. The molecule has 4 nitrogen and oxygen atoms in total. The fourth-order valence-electron chi connectivity index (χ4n) is 3.00. The zero-order valence-electron chi connectivity index (χ0n) is 12.0. The quantitative estimate of drug-likeness (QED) is 0.605. The van der Waals surface area contributed by atoms with Gasteiger partial charge in [0.15, 0.2) is 0 Å². The highest BCUT2D eigenvalue weighted by atomic mass is 15.1. The normalized spacial score (nSPS) is 19.5. The summed E-state index contributed by atoms with van der Waals surface area (Å²) < 4.78 is 0. The lowest BCUT2D eigenvalue weighted by Gasteiger charge is -2.24. The van der Waals surface area contributed by atoms with Crippen molar-refractivity contribution in [3.05, 3.63) is 35.5 Å². The van der Waals surface area contributed by atoms with Crippen molar-refractivity contribution in [3.8, 4) is 0 Å². The predicted molar refractivity (Wildman–Crippen MR) is 84.6 cm³/mol. The first-order chi connectivity index (χ1) is 9.83. The number of guanidine groups is 1. The number of nitrogens with zero attached hydrogens (tertiary/aromatic N) is 2. The van der Waals surface area contributed by atoms with Crippen molar-refractivity contribution in [2.45, 2.75) is 32.2 Å². The van der Waals surface area contributed by atoms with E-state index in [1.54, 1.807) is 13.3 Å². The van der Waals surface area contributed by atoms with Gasteiger partial charge in [0.25, 0.3) is 0 Å². The maximum absolute atomic E-state index is 4.26. The Morgan fingerprint density at radius 3 is 3.05 bits per heavy atom. The molecule has 1 atom stereocenters. The Balaban J connectivity index is 1.97. The summed E-state index contributed by atoms with van der Waals surface area (Å²) in [4.78, 5) is 12.0. The van der Waals surface area contributed by atoms with Gasteiger partial charge in [-0.3, -0.25) is 4.99 Å². The van der Waals surface area contributed by atoms with E-state index in [9.17, 15) is 0 Å². The number of para-hydroxylation sites is 1. The maximum atomic E-state index is 4.26. The summed E-state index contributed by atoms with van der Waals surface area (Å²) in [6.07, 6.45) is 5.22. The van der Waals surface area contributed by atoms with Gasteiger partial charge in [-0.05, 0) is 37.8 Å². The molecule has 2 N–H and O–H groups in total. The molecule has 104 valence electrons. The fourth-order valence-corrected chi connectivity index (χ4v) is 3.00. The molecule has 0 amide bonds. The van der Waals surface area contributed by atoms with Gasteiger partial charge in [-0.2, -0.15) is 0 Å². The minimum atomic E-state index is 0.272. The number of H-pyrrole nitrogens is 1. The van der Waals surface area contributed by atoms with Gasteiger partial charge in [0.2, 0.25) is 5.96 Å². The van der Waals surface area contributed by atoms with E-state index < -0.39 is 0 Å². The van der Waals surface area contributed by atoms with Crippen LogP contribution in [0.5, 0.6) is 0 Å². The number of fused-ring (bicyclic) bond motifs is 3. The highest BCUT2D eigenvalue weighted by molar-refractivity contribution is 5.88. The molecule has 3 rings (SSSR count). The molecule has 0 radical (unpaired) electrons. The molecule has 1 aromatic carbocycles. The standard InChI is InChI=1S/C16H20N4/c1-3-18-16(17-2)20-14-10-6-8-12-11-7-4-5-9-13(11)19-15(12)14/h3-5,7,9,14,19H,6,8,10H2,1-2H3,(H,17,20)/b18-3-. The third-order valence-corrected chi connectivity index (χ3v) is 3.88. The van der Waals surface area contributed by atoms with E-state index >= 15 is 0 Å². The lowest BCUT2D eigenvalue weighted by molar-refractivity contribution is 0.517. The van der Waals surface area contributed by atoms with Gasteiger partial charge in [-0.1, -0.05) is 18.2 Å². The van der Waals surface area contributed by atoms with Gasteiger partial charge in [-0.15, -0.1) is 0 Å². The number of aliphatic imine (C=N–C) groups is 2. The van der Waals surface area contributed by atoms with Crippen molar-refractivity contribution in [2.75, 3.05) is 7.05 Å². The van der Waals surface area contributed by atoms with Crippen molar-refractivity contribution >= 4 is 23.1 Å². The van der Waals surface area contributed by atoms with Crippen LogP contribution >= 0.6 is 0 Å². The molecule has 1 aliphatic rings. The lowest BCUT2D eigenvalue weighted by Crippen LogP contribution is -2.30. The number of nitrogens with one attached hydrogen (secondary N) is 2. The highest BCUT2D eigenvalue weighted by Crippen LogP contribution is 2.34. The Labute approximate surface area is 119 Å². The third kappa shape index (κ3) is 2.22. The molecule has 0 fully saturated rings.